The Morgan fingerprint density at radius 1 is 1.20 bits per heavy atom. The highest BCUT2D eigenvalue weighted by atomic mass is 16.6. The molecule has 3 rings (SSSR count). The van der Waals surface area contributed by atoms with Crippen molar-refractivity contribution < 1.29 is 4.92 Å². The Morgan fingerprint density at radius 3 is 2.40 bits per heavy atom. The molecule has 2 saturated heterocycles. The molecule has 0 aliphatic carbocycles. The summed E-state index contributed by atoms with van der Waals surface area (Å²) in [5.74, 6) is 0. The SMILES string of the molecule is Cc1cc([N+](=O)[O-])ccc1N1CCC(N2CCC2)CC1. The van der Waals surface area contributed by atoms with E-state index in [-0.39, 0.29) is 10.6 Å². The van der Waals surface area contributed by atoms with Gasteiger partial charge in [0.25, 0.3) is 5.69 Å². The van der Waals surface area contributed by atoms with Gasteiger partial charge in [0.15, 0.2) is 0 Å². The summed E-state index contributed by atoms with van der Waals surface area (Å²) in [5.41, 5.74) is 2.33. The number of aryl methyl sites for hydroxylation is 1. The average Bonchev–Trinajstić information content (AvgIpc) is 2.37. The van der Waals surface area contributed by atoms with Gasteiger partial charge < -0.3 is 9.80 Å². The topological polar surface area (TPSA) is 49.6 Å². The molecule has 5 heteroatoms. The molecule has 2 aliphatic rings. The molecule has 0 unspecified atom stereocenters. The summed E-state index contributed by atoms with van der Waals surface area (Å²) >= 11 is 0. The van der Waals surface area contributed by atoms with Crippen molar-refractivity contribution in [1.82, 2.24) is 4.90 Å². The van der Waals surface area contributed by atoms with Crippen LogP contribution < -0.4 is 4.90 Å². The lowest BCUT2D eigenvalue weighted by Crippen LogP contribution is -2.50. The Kier molecular flexibility index (Phi) is 3.61. The predicted molar refractivity (Wildman–Crippen MR) is 79.3 cm³/mol. The maximum absolute atomic E-state index is 10.8. The largest absolute Gasteiger partial charge is 0.371 e. The van der Waals surface area contributed by atoms with Gasteiger partial charge in [-0.05, 0) is 50.9 Å². The van der Waals surface area contributed by atoms with Gasteiger partial charge in [0, 0.05) is 37.0 Å². The summed E-state index contributed by atoms with van der Waals surface area (Å²) in [5, 5.41) is 10.8. The first-order valence-electron chi connectivity index (χ1n) is 7.39. The number of nitro groups is 1. The van der Waals surface area contributed by atoms with Gasteiger partial charge in [-0.1, -0.05) is 0 Å². The van der Waals surface area contributed by atoms with E-state index in [1.165, 1.54) is 32.4 Å². The molecule has 0 saturated carbocycles. The minimum Gasteiger partial charge on any atom is -0.371 e. The van der Waals surface area contributed by atoms with E-state index in [0.29, 0.717) is 0 Å². The summed E-state index contributed by atoms with van der Waals surface area (Å²) in [6.45, 7) is 6.60. The molecule has 2 fully saturated rings. The number of hydrogen-bond donors (Lipinski definition) is 0. The first kappa shape index (κ1) is 13.4. The fourth-order valence-electron chi connectivity index (χ4n) is 3.29. The number of piperidine rings is 1. The summed E-state index contributed by atoms with van der Waals surface area (Å²) in [4.78, 5) is 15.4. The molecule has 108 valence electrons. The third-order valence-corrected chi connectivity index (χ3v) is 4.60. The second kappa shape index (κ2) is 5.40. The summed E-state index contributed by atoms with van der Waals surface area (Å²) in [6.07, 6.45) is 3.76. The molecule has 2 heterocycles. The minimum atomic E-state index is -0.326. The second-order valence-corrected chi connectivity index (χ2v) is 5.84. The zero-order chi connectivity index (χ0) is 14.1. The first-order valence-corrected chi connectivity index (χ1v) is 7.39. The van der Waals surface area contributed by atoms with E-state index >= 15 is 0 Å². The fraction of sp³-hybridized carbons (Fsp3) is 0.600. The quantitative estimate of drug-likeness (QED) is 0.628. The van der Waals surface area contributed by atoms with Crippen LogP contribution in [0.5, 0.6) is 0 Å². The Morgan fingerprint density at radius 2 is 1.90 bits per heavy atom. The van der Waals surface area contributed by atoms with Crippen LogP contribution in [0.4, 0.5) is 11.4 Å². The lowest BCUT2D eigenvalue weighted by molar-refractivity contribution is -0.384. The zero-order valence-electron chi connectivity index (χ0n) is 11.9. The van der Waals surface area contributed by atoms with Crippen LogP contribution in [0.3, 0.4) is 0 Å². The van der Waals surface area contributed by atoms with E-state index in [2.05, 4.69) is 9.80 Å². The maximum Gasteiger partial charge on any atom is 0.269 e. The van der Waals surface area contributed by atoms with Crippen LogP contribution in [0.2, 0.25) is 0 Å². The number of anilines is 1. The van der Waals surface area contributed by atoms with Gasteiger partial charge in [0.1, 0.15) is 0 Å². The number of rotatable bonds is 3. The molecule has 0 spiro atoms. The van der Waals surface area contributed by atoms with E-state index < -0.39 is 0 Å². The normalized spacial score (nSPS) is 20.8. The molecule has 0 aromatic heterocycles. The van der Waals surface area contributed by atoms with Crippen molar-refractivity contribution in [2.45, 2.75) is 32.2 Å². The van der Waals surface area contributed by atoms with Crippen LogP contribution in [0.25, 0.3) is 0 Å². The number of hydrogen-bond acceptors (Lipinski definition) is 4. The third-order valence-electron chi connectivity index (χ3n) is 4.60. The van der Waals surface area contributed by atoms with E-state index in [4.69, 9.17) is 0 Å². The van der Waals surface area contributed by atoms with Crippen LogP contribution in [0.15, 0.2) is 18.2 Å². The van der Waals surface area contributed by atoms with Gasteiger partial charge in [-0.3, -0.25) is 10.1 Å². The van der Waals surface area contributed by atoms with Crippen molar-refractivity contribution in [3.63, 3.8) is 0 Å². The molecule has 0 atom stereocenters. The number of benzene rings is 1. The number of non-ortho nitro benzene ring substituents is 1. The highest BCUT2D eigenvalue weighted by Gasteiger charge is 2.28. The van der Waals surface area contributed by atoms with Crippen molar-refractivity contribution in [3.05, 3.63) is 33.9 Å². The van der Waals surface area contributed by atoms with E-state index in [1.54, 1.807) is 12.1 Å². The van der Waals surface area contributed by atoms with E-state index in [1.807, 2.05) is 13.0 Å². The number of nitro benzene ring substituents is 1. The highest BCUT2D eigenvalue weighted by molar-refractivity contribution is 5.57. The Hall–Kier alpha value is -1.62. The van der Waals surface area contributed by atoms with Gasteiger partial charge in [-0.2, -0.15) is 0 Å². The van der Waals surface area contributed by atoms with Crippen LogP contribution in [0.1, 0.15) is 24.8 Å². The fourth-order valence-corrected chi connectivity index (χ4v) is 3.29. The third kappa shape index (κ3) is 2.50. The van der Waals surface area contributed by atoms with Crippen LogP contribution in [0, 0.1) is 17.0 Å². The molecule has 1 aromatic carbocycles. The van der Waals surface area contributed by atoms with Crippen LogP contribution >= 0.6 is 0 Å². The molecular weight excluding hydrogens is 254 g/mol. The predicted octanol–water partition coefficient (Wildman–Crippen LogP) is 2.58. The van der Waals surface area contributed by atoms with Gasteiger partial charge >= 0.3 is 0 Å². The maximum atomic E-state index is 10.8. The first-order chi connectivity index (χ1) is 9.65. The van der Waals surface area contributed by atoms with Crippen molar-refractivity contribution in [2.75, 3.05) is 31.1 Å². The smallest absolute Gasteiger partial charge is 0.269 e. The molecule has 0 N–H and O–H groups in total. The molecule has 20 heavy (non-hydrogen) atoms. The minimum absolute atomic E-state index is 0.182. The number of nitrogens with zero attached hydrogens (tertiary/aromatic N) is 3. The monoisotopic (exact) mass is 275 g/mol. The van der Waals surface area contributed by atoms with Crippen molar-refractivity contribution in [2.24, 2.45) is 0 Å². The Labute approximate surface area is 119 Å². The molecule has 0 bridgehead atoms. The van der Waals surface area contributed by atoms with Gasteiger partial charge in [0.05, 0.1) is 4.92 Å². The molecule has 0 radical (unpaired) electrons. The van der Waals surface area contributed by atoms with Crippen molar-refractivity contribution in [1.29, 1.82) is 0 Å². The van der Waals surface area contributed by atoms with Gasteiger partial charge in [0.2, 0.25) is 0 Å². The van der Waals surface area contributed by atoms with Crippen LogP contribution in [-0.2, 0) is 0 Å². The van der Waals surface area contributed by atoms with Gasteiger partial charge in [-0.25, -0.2) is 0 Å². The van der Waals surface area contributed by atoms with Crippen LogP contribution in [-0.4, -0.2) is 42.0 Å². The molecule has 1 aromatic rings. The van der Waals surface area contributed by atoms with Crippen molar-refractivity contribution >= 4 is 11.4 Å². The molecular formula is C15H21N3O2. The summed E-state index contributed by atoms with van der Waals surface area (Å²) < 4.78 is 0. The molecule has 0 amide bonds. The highest BCUT2D eigenvalue weighted by Crippen LogP contribution is 2.29. The number of likely N-dealkylation sites (tertiary alicyclic amines) is 1. The summed E-state index contributed by atoms with van der Waals surface area (Å²) in [6, 6.07) is 5.94. The Balaban J connectivity index is 1.66. The van der Waals surface area contributed by atoms with Gasteiger partial charge in [-0.15, -0.1) is 0 Å². The zero-order valence-corrected chi connectivity index (χ0v) is 11.9. The van der Waals surface area contributed by atoms with E-state index in [9.17, 15) is 10.1 Å². The molecule has 5 nitrogen and oxygen atoms in total. The van der Waals surface area contributed by atoms with Crippen molar-refractivity contribution in [3.8, 4) is 0 Å². The lowest BCUT2D eigenvalue weighted by atomic mass is 9.98. The average molecular weight is 275 g/mol. The summed E-state index contributed by atoms with van der Waals surface area (Å²) in [7, 11) is 0. The second-order valence-electron chi connectivity index (χ2n) is 5.84. The standard InChI is InChI=1S/C15H21N3O2/c1-12-11-14(18(19)20)3-4-15(12)17-9-5-13(6-10-17)16-7-2-8-16/h3-4,11,13H,2,5-10H2,1H3. The molecule has 2 aliphatic heterocycles. The lowest BCUT2D eigenvalue weighted by Gasteiger charge is -2.43. The Bertz CT molecular complexity index is 506. The van der Waals surface area contributed by atoms with E-state index in [0.717, 1.165) is 30.4 Å².